The van der Waals surface area contributed by atoms with E-state index in [1.807, 2.05) is 6.92 Å². The molecule has 96 valence electrons. The highest BCUT2D eigenvalue weighted by molar-refractivity contribution is 7.09. The summed E-state index contributed by atoms with van der Waals surface area (Å²) in [5.74, 6) is 2.18. The summed E-state index contributed by atoms with van der Waals surface area (Å²) in [6.07, 6.45) is 2.25. The third kappa shape index (κ3) is 2.18. The monoisotopic (exact) mass is 263 g/mol. The van der Waals surface area contributed by atoms with E-state index in [4.69, 9.17) is 0 Å². The van der Waals surface area contributed by atoms with Crippen molar-refractivity contribution in [2.24, 2.45) is 0 Å². The fraction of sp³-hybridized carbons (Fsp3) is 0.583. The molecule has 2 aromatic rings. The smallest absolute Gasteiger partial charge is 0.149 e. The minimum Gasteiger partial charge on any atom is -0.314 e. The van der Waals surface area contributed by atoms with E-state index in [0.717, 1.165) is 41.9 Å². The number of fused-ring (bicyclic) bond motifs is 1. The van der Waals surface area contributed by atoms with Crippen molar-refractivity contribution >= 4 is 11.3 Å². The van der Waals surface area contributed by atoms with Crippen LogP contribution in [0.15, 0.2) is 5.38 Å². The van der Waals surface area contributed by atoms with Crippen molar-refractivity contribution in [2.75, 3.05) is 0 Å². The lowest BCUT2D eigenvalue weighted by atomic mass is 10.3. The van der Waals surface area contributed by atoms with Crippen LogP contribution in [0.4, 0.5) is 0 Å². The first kappa shape index (κ1) is 11.8. The summed E-state index contributed by atoms with van der Waals surface area (Å²) in [6.45, 7) is 6.01. The zero-order valence-corrected chi connectivity index (χ0v) is 11.5. The topological polar surface area (TPSA) is 55.6 Å². The molecule has 18 heavy (non-hydrogen) atoms. The molecule has 0 aromatic carbocycles. The normalized spacial score (nSPS) is 15.9. The van der Waals surface area contributed by atoms with Crippen LogP contribution >= 0.6 is 11.3 Å². The van der Waals surface area contributed by atoms with Crippen LogP contribution in [0.1, 0.15) is 41.7 Å². The third-order valence-electron chi connectivity index (χ3n) is 3.25. The molecule has 0 fully saturated rings. The van der Waals surface area contributed by atoms with Crippen molar-refractivity contribution in [1.82, 2.24) is 25.1 Å². The predicted molar refractivity (Wildman–Crippen MR) is 70.4 cm³/mol. The van der Waals surface area contributed by atoms with Crippen molar-refractivity contribution in [3.05, 3.63) is 27.7 Å². The Morgan fingerprint density at radius 3 is 3.17 bits per heavy atom. The number of nitrogens with zero attached hydrogens (tertiary/aromatic N) is 4. The van der Waals surface area contributed by atoms with Gasteiger partial charge in [0.05, 0.1) is 6.04 Å². The number of thiazole rings is 1. The van der Waals surface area contributed by atoms with Gasteiger partial charge in [-0.3, -0.25) is 0 Å². The molecule has 1 unspecified atom stereocenters. The minimum absolute atomic E-state index is 0.216. The number of hydrogen-bond donors (Lipinski definition) is 1. The second kappa shape index (κ2) is 4.78. The second-order valence-corrected chi connectivity index (χ2v) is 5.66. The molecule has 0 saturated heterocycles. The SMILES string of the molecule is Cc1csc(CNC(C)c2nnc3n2CCC3)n1. The molecule has 1 aliphatic heterocycles. The molecule has 2 aromatic heterocycles. The summed E-state index contributed by atoms with van der Waals surface area (Å²) in [7, 11) is 0. The van der Waals surface area contributed by atoms with E-state index in [1.165, 1.54) is 6.42 Å². The Labute approximate surface area is 110 Å². The van der Waals surface area contributed by atoms with Crippen LogP contribution in [0.5, 0.6) is 0 Å². The summed E-state index contributed by atoms with van der Waals surface area (Å²) in [6, 6.07) is 0.216. The molecule has 0 bridgehead atoms. The van der Waals surface area contributed by atoms with E-state index < -0.39 is 0 Å². The molecule has 5 nitrogen and oxygen atoms in total. The third-order valence-corrected chi connectivity index (χ3v) is 4.22. The van der Waals surface area contributed by atoms with E-state index in [9.17, 15) is 0 Å². The average molecular weight is 263 g/mol. The number of hydrogen-bond acceptors (Lipinski definition) is 5. The van der Waals surface area contributed by atoms with E-state index in [0.29, 0.717) is 0 Å². The Bertz CT molecular complexity index is 544. The van der Waals surface area contributed by atoms with Gasteiger partial charge in [-0.1, -0.05) is 0 Å². The molecular formula is C12H17N5S. The van der Waals surface area contributed by atoms with Gasteiger partial charge in [-0.2, -0.15) is 0 Å². The highest BCUT2D eigenvalue weighted by atomic mass is 32.1. The van der Waals surface area contributed by atoms with Gasteiger partial charge >= 0.3 is 0 Å². The van der Waals surface area contributed by atoms with Crippen molar-refractivity contribution < 1.29 is 0 Å². The van der Waals surface area contributed by atoms with Crippen LogP contribution in [-0.4, -0.2) is 19.7 Å². The van der Waals surface area contributed by atoms with Gasteiger partial charge in [0.15, 0.2) is 0 Å². The summed E-state index contributed by atoms with van der Waals surface area (Å²) in [5, 5.41) is 15.2. The number of aromatic nitrogens is 4. The fourth-order valence-electron chi connectivity index (χ4n) is 2.31. The molecule has 0 amide bonds. The lowest BCUT2D eigenvalue weighted by molar-refractivity contribution is 0.515. The van der Waals surface area contributed by atoms with E-state index >= 15 is 0 Å². The first-order valence-electron chi connectivity index (χ1n) is 6.30. The van der Waals surface area contributed by atoms with E-state index in [1.54, 1.807) is 11.3 Å². The first-order valence-corrected chi connectivity index (χ1v) is 7.18. The maximum atomic E-state index is 4.45. The zero-order valence-electron chi connectivity index (χ0n) is 10.7. The zero-order chi connectivity index (χ0) is 12.5. The molecule has 0 aliphatic carbocycles. The lowest BCUT2D eigenvalue weighted by Gasteiger charge is -2.12. The van der Waals surface area contributed by atoms with Crippen LogP contribution in [0.2, 0.25) is 0 Å². The van der Waals surface area contributed by atoms with Gasteiger partial charge in [-0.05, 0) is 20.3 Å². The average Bonchev–Trinajstić information content (AvgIpc) is 3.01. The number of rotatable bonds is 4. The Kier molecular flexibility index (Phi) is 3.13. The second-order valence-electron chi connectivity index (χ2n) is 4.71. The predicted octanol–water partition coefficient (Wildman–Crippen LogP) is 1.84. The van der Waals surface area contributed by atoms with Crippen LogP contribution in [0.25, 0.3) is 0 Å². The highest BCUT2D eigenvalue weighted by Gasteiger charge is 2.20. The van der Waals surface area contributed by atoms with Crippen LogP contribution in [-0.2, 0) is 19.5 Å². The van der Waals surface area contributed by atoms with Crippen LogP contribution < -0.4 is 5.32 Å². The van der Waals surface area contributed by atoms with Crippen LogP contribution in [0, 0.1) is 6.92 Å². The molecule has 1 N–H and O–H groups in total. The molecule has 0 saturated carbocycles. The lowest BCUT2D eigenvalue weighted by Crippen LogP contribution is -2.21. The largest absolute Gasteiger partial charge is 0.314 e. The van der Waals surface area contributed by atoms with Crippen molar-refractivity contribution in [3.8, 4) is 0 Å². The summed E-state index contributed by atoms with van der Waals surface area (Å²) >= 11 is 1.70. The van der Waals surface area contributed by atoms with Gasteiger partial charge in [0.2, 0.25) is 0 Å². The fourth-order valence-corrected chi connectivity index (χ4v) is 3.03. The van der Waals surface area contributed by atoms with Gasteiger partial charge < -0.3 is 9.88 Å². The quantitative estimate of drug-likeness (QED) is 0.914. The molecule has 3 heterocycles. The summed E-state index contributed by atoms with van der Waals surface area (Å²) < 4.78 is 2.24. The van der Waals surface area contributed by atoms with Gasteiger partial charge in [0.1, 0.15) is 16.7 Å². The maximum absolute atomic E-state index is 4.45. The van der Waals surface area contributed by atoms with E-state index in [-0.39, 0.29) is 6.04 Å². The standard InChI is InChI=1S/C12H17N5S/c1-8-7-18-11(14-8)6-13-9(2)12-16-15-10-4-3-5-17(10)12/h7,9,13H,3-6H2,1-2H3. The Balaban J connectivity index is 1.66. The molecule has 1 aliphatic rings. The molecular weight excluding hydrogens is 246 g/mol. The summed E-state index contributed by atoms with van der Waals surface area (Å²) in [4.78, 5) is 4.45. The molecule has 0 radical (unpaired) electrons. The number of aryl methyl sites for hydroxylation is 2. The molecule has 3 rings (SSSR count). The Morgan fingerprint density at radius 1 is 1.50 bits per heavy atom. The summed E-state index contributed by atoms with van der Waals surface area (Å²) in [5.41, 5.74) is 1.09. The Hall–Kier alpha value is -1.27. The van der Waals surface area contributed by atoms with Crippen molar-refractivity contribution in [1.29, 1.82) is 0 Å². The van der Waals surface area contributed by atoms with E-state index in [2.05, 4.69) is 37.4 Å². The van der Waals surface area contributed by atoms with Crippen molar-refractivity contribution in [3.63, 3.8) is 0 Å². The van der Waals surface area contributed by atoms with Crippen molar-refractivity contribution in [2.45, 2.75) is 45.8 Å². The molecule has 6 heteroatoms. The highest BCUT2D eigenvalue weighted by Crippen LogP contribution is 2.19. The maximum Gasteiger partial charge on any atom is 0.149 e. The van der Waals surface area contributed by atoms with Gasteiger partial charge in [0, 0.05) is 30.6 Å². The molecule has 0 spiro atoms. The van der Waals surface area contributed by atoms with Gasteiger partial charge in [0.25, 0.3) is 0 Å². The minimum atomic E-state index is 0.216. The molecule has 1 atom stereocenters. The number of nitrogens with one attached hydrogen (secondary N) is 1. The first-order chi connectivity index (χ1) is 8.74. The Morgan fingerprint density at radius 2 is 2.39 bits per heavy atom. The van der Waals surface area contributed by atoms with Gasteiger partial charge in [-0.25, -0.2) is 4.98 Å². The van der Waals surface area contributed by atoms with Gasteiger partial charge in [-0.15, -0.1) is 21.5 Å². The van der Waals surface area contributed by atoms with Crippen LogP contribution in [0.3, 0.4) is 0 Å².